The average molecular weight is 213 g/mol. The summed E-state index contributed by atoms with van der Waals surface area (Å²) in [4.78, 5) is 0. The molecule has 0 fully saturated rings. The first-order valence-electron chi connectivity index (χ1n) is 5.30. The van der Waals surface area contributed by atoms with Gasteiger partial charge in [0, 0.05) is 12.1 Å². The van der Waals surface area contributed by atoms with Crippen molar-refractivity contribution in [3.63, 3.8) is 0 Å². The molecule has 0 aliphatic heterocycles. The molecule has 3 N–H and O–H groups in total. The molecule has 0 saturated carbocycles. The summed E-state index contributed by atoms with van der Waals surface area (Å²) in [5.41, 5.74) is 9.84. The smallest absolute Gasteiger partial charge is 0.120 e. The zero-order valence-electron chi connectivity index (χ0n) is 9.27. The van der Waals surface area contributed by atoms with E-state index in [4.69, 9.17) is 5.73 Å². The fourth-order valence-electron chi connectivity index (χ4n) is 1.81. The van der Waals surface area contributed by atoms with E-state index in [0.717, 1.165) is 11.1 Å². The predicted octanol–water partition coefficient (Wildman–Crippen LogP) is 2.83. The molecule has 2 heteroatoms. The summed E-state index contributed by atoms with van der Waals surface area (Å²) in [7, 11) is 0. The Bertz CT molecular complexity index is 506. The van der Waals surface area contributed by atoms with E-state index in [1.165, 1.54) is 11.1 Å². The summed E-state index contributed by atoms with van der Waals surface area (Å²) in [5, 5.41) is 9.57. The molecule has 16 heavy (non-hydrogen) atoms. The lowest BCUT2D eigenvalue weighted by molar-refractivity contribution is 0.468. The van der Waals surface area contributed by atoms with Crippen LogP contribution in [-0.2, 0) is 6.54 Å². The highest BCUT2D eigenvalue weighted by molar-refractivity contribution is 5.68. The molecule has 0 spiro atoms. The fraction of sp³-hybridized carbons (Fsp3) is 0.143. The summed E-state index contributed by atoms with van der Waals surface area (Å²) >= 11 is 0. The van der Waals surface area contributed by atoms with Crippen molar-refractivity contribution in [1.29, 1.82) is 0 Å². The molecular weight excluding hydrogens is 198 g/mol. The van der Waals surface area contributed by atoms with E-state index in [9.17, 15) is 5.11 Å². The zero-order chi connectivity index (χ0) is 11.5. The van der Waals surface area contributed by atoms with Crippen molar-refractivity contribution < 1.29 is 5.11 Å². The Hall–Kier alpha value is -1.80. The highest BCUT2D eigenvalue weighted by Crippen LogP contribution is 2.27. The van der Waals surface area contributed by atoms with Crippen molar-refractivity contribution in [1.82, 2.24) is 0 Å². The quantitative estimate of drug-likeness (QED) is 0.805. The van der Waals surface area contributed by atoms with Gasteiger partial charge in [-0.25, -0.2) is 0 Å². The molecule has 2 nitrogen and oxygen atoms in total. The van der Waals surface area contributed by atoms with Crippen molar-refractivity contribution >= 4 is 0 Å². The molecule has 2 rings (SSSR count). The molecule has 0 aliphatic rings. The fourth-order valence-corrected chi connectivity index (χ4v) is 1.81. The normalized spacial score (nSPS) is 10.4. The first kappa shape index (κ1) is 10.7. The van der Waals surface area contributed by atoms with Gasteiger partial charge in [-0.3, -0.25) is 0 Å². The van der Waals surface area contributed by atoms with Gasteiger partial charge in [0.25, 0.3) is 0 Å². The van der Waals surface area contributed by atoms with Gasteiger partial charge in [0.05, 0.1) is 0 Å². The summed E-state index contributed by atoms with van der Waals surface area (Å²) in [6, 6.07) is 13.7. The van der Waals surface area contributed by atoms with Crippen molar-refractivity contribution in [3.8, 4) is 16.9 Å². The Balaban J connectivity index is 2.53. The van der Waals surface area contributed by atoms with E-state index in [2.05, 4.69) is 19.1 Å². The van der Waals surface area contributed by atoms with Crippen LogP contribution in [0.2, 0.25) is 0 Å². The van der Waals surface area contributed by atoms with E-state index in [-0.39, 0.29) is 5.75 Å². The van der Waals surface area contributed by atoms with Crippen molar-refractivity contribution in [2.75, 3.05) is 0 Å². The lowest BCUT2D eigenvalue weighted by atomic mass is 9.98. The Kier molecular flexibility index (Phi) is 2.93. The largest absolute Gasteiger partial charge is 0.508 e. The summed E-state index contributed by atoms with van der Waals surface area (Å²) in [6.07, 6.45) is 0. The van der Waals surface area contributed by atoms with Crippen LogP contribution in [0.15, 0.2) is 42.5 Å². The third-order valence-electron chi connectivity index (χ3n) is 2.76. The molecule has 0 atom stereocenters. The van der Waals surface area contributed by atoms with E-state index in [1.54, 1.807) is 6.07 Å². The minimum Gasteiger partial charge on any atom is -0.508 e. The van der Waals surface area contributed by atoms with Crippen LogP contribution in [0.5, 0.6) is 5.75 Å². The van der Waals surface area contributed by atoms with Gasteiger partial charge in [-0.1, -0.05) is 30.3 Å². The number of rotatable bonds is 2. The topological polar surface area (TPSA) is 46.2 Å². The molecule has 0 aliphatic carbocycles. The molecule has 0 aromatic heterocycles. The Morgan fingerprint density at radius 3 is 2.56 bits per heavy atom. The Labute approximate surface area is 95.4 Å². The maximum Gasteiger partial charge on any atom is 0.120 e. The number of nitrogens with two attached hydrogens (primary N) is 1. The van der Waals surface area contributed by atoms with Gasteiger partial charge in [0.2, 0.25) is 0 Å². The molecule has 2 aromatic carbocycles. The Morgan fingerprint density at radius 1 is 1.12 bits per heavy atom. The van der Waals surface area contributed by atoms with Crippen LogP contribution in [-0.4, -0.2) is 5.11 Å². The van der Waals surface area contributed by atoms with Crippen molar-refractivity contribution in [2.45, 2.75) is 13.5 Å². The second-order valence-electron chi connectivity index (χ2n) is 3.86. The highest BCUT2D eigenvalue weighted by Gasteiger charge is 2.04. The number of aromatic hydroxyl groups is 1. The standard InChI is InChI=1S/C14H15NO/c1-10-4-2-3-5-13(10)11-6-7-14(16)12(8-11)9-15/h2-8,16H,9,15H2,1H3. The van der Waals surface area contributed by atoms with Gasteiger partial charge in [-0.15, -0.1) is 0 Å². The number of hydrogen-bond donors (Lipinski definition) is 2. The van der Waals surface area contributed by atoms with Crippen molar-refractivity contribution in [3.05, 3.63) is 53.6 Å². The summed E-state index contributed by atoms with van der Waals surface area (Å²) < 4.78 is 0. The molecule has 0 amide bonds. The van der Waals surface area contributed by atoms with Crippen LogP contribution < -0.4 is 5.73 Å². The molecule has 0 radical (unpaired) electrons. The van der Waals surface area contributed by atoms with E-state index < -0.39 is 0 Å². The minimum atomic E-state index is 0.264. The molecular formula is C14H15NO. The number of hydrogen-bond acceptors (Lipinski definition) is 2. The van der Waals surface area contributed by atoms with Gasteiger partial charge >= 0.3 is 0 Å². The van der Waals surface area contributed by atoms with Crippen LogP contribution in [0.1, 0.15) is 11.1 Å². The van der Waals surface area contributed by atoms with Gasteiger partial charge in [0.15, 0.2) is 0 Å². The molecule has 82 valence electrons. The van der Waals surface area contributed by atoms with E-state index in [0.29, 0.717) is 6.54 Å². The molecule has 0 unspecified atom stereocenters. The van der Waals surface area contributed by atoms with Crippen LogP contribution in [0.4, 0.5) is 0 Å². The van der Waals surface area contributed by atoms with Crippen LogP contribution in [0, 0.1) is 6.92 Å². The SMILES string of the molecule is Cc1ccccc1-c1ccc(O)c(CN)c1. The first-order chi connectivity index (χ1) is 7.72. The highest BCUT2D eigenvalue weighted by atomic mass is 16.3. The zero-order valence-corrected chi connectivity index (χ0v) is 9.27. The summed E-state index contributed by atoms with van der Waals surface area (Å²) in [6.45, 7) is 2.43. The van der Waals surface area contributed by atoms with Crippen LogP contribution >= 0.6 is 0 Å². The number of phenolic OH excluding ortho intramolecular Hbond substituents is 1. The average Bonchev–Trinajstić information content (AvgIpc) is 2.31. The van der Waals surface area contributed by atoms with E-state index in [1.807, 2.05) is 24.3 Å². The lowest BCUT2D eigenvalue weighted by Gasteiger charge is -2.08. The second-order valence-corrected chi connectivity index (χ2v) is 3.86. The molecule has 0 bridgehead atoms. The third kappa shape index (κ3) is 1.92. The molecule has 0 saturated heterocycles. The predicted molar refractivity (Wildman–Crippen MR) is 66.2 cm³/mol. The van der Waals surface area contributed by atoms with Gasteiger partial charge in [0.1, 0.15) is 5.75 Å². The maximum atomic E-state index is 9.57. The third-order valence-corrected chi connectivity index (χ3v) is 2.76. The van der Waals surface area contributed by atoms with Gasteiger partial charge in [-0.05, 0) is 35.7 Å². The maximum absolute atomic E-state index is 9.57. The minimum absolute atomic E-state index is 0.264. The lowest BCUT2D eigenvalue weighted by Crippen LogP contribution is -1.97. The molecule has 0 heterocycles. The number of phenols is 1. The number of benzene rings is 2. The number of aryl methyl sites for hydroxylation is 1. The first-order valence-corrected chi connectivity index (χ1v) is 5.30. The summed E-state index contributed by atoms with van der Waals surface area (Å²) in [5.74, 6) is 0.264. The van der Waals surface area contributed by atoms with E-state index >= 15 is 0 Å². The molecule has 2 aromatic rings. The van der Waals surface area contributed by atoms with Crippen molar-refractivity contribution in [2.24, 2.45) is 5.73 Å². The second kappa shape index (κ2) is 4.37. The Morgan fingerprint density at radius 2 is 1.88 bits per heavy atom. The van der Waals surface area contributed by atoms with Gasteiger partial charge in [-0.2, -0.15) is 0 Å². The van der Waals surface area contributed by atoms with Crippen LogP contribution in [0.25, 0.3) is 11.1 Å². The van der Waals surface area contributed by atoms with Gasteiger partial charge < -0.3 is 10.8 Å². The monoisotopic (exact) mass is 213 g/mol. The van der Waals surface area contributed by atoms with Crippen LogP contribution in [0.3, 0.4) is 0 Å².